The number of aryl methyl sites for hydroxylation is 2. The fourth-order valence-corrected chi connectivity index (χ4v) is 5.07. The minimum absolute atomic E-state index is 0.0202. The molecule has 188 valence electrons. The van der Waals surface area contributed by atoms with Crippen LogP contribution in [-0.2, 0) is 16.3 Å². The van der Waals surface area contributed by atoms with Crippen molar-refractivity contribution in [2.45, 2.75) is 43.7 Å². The first kappa shape index (κ1) is 24.1. The zero-order valence-corrected chi connectivity index (χ0v) is 21.1. The molecule has 4 aromatic heterocycles. The van der Waals surface area contributed by atoms with Crippen LogP contribution in [0.5, 0.6) is 0 Å². The highest BCUT2D eigenvalue weighted by Crippen LogP contribution is 2.32. The molecule has 0 amide bonds. The van der Waals surface area contributed by atoms with E-state index < -0.39 is 15.9 Å². The molecule has 2 N–H and O–H groups in total. The van der Waals surface area contributed by atoms with Gasteiger partial charge in [-0.05, 0) is 37.5 Å². The van der Waals surface area contributed by atoms with Gasteiger partial charge in [0.05, 0.1) is 17.5 Å². The van der Waals surface area contributed by atoms with Crippen LogP contribution in [0.1, 0.15) is 36.2 Å². The molecule has 12 heteroatoms. The normalized spacial score (nSPS) is 18.5. The van der Waals surface area contributed by atoms with Crippen LogP contribution in [0.4, 0.5) is 17.5 Å². The molecule has 1 saturated heterocycles. The summed E-state index contributed by atoms with van der Waals surface area (Å²) in [5, 5.41) is 14.3. The third kappa shape index (κ3) is 4.61. The van der Waals surface area contributed by atoms with Gasteiger partial charge in [0.1, 0.15) is 0 Å². The molecule has 4 aromatic rings. The predicted octanol–water partition coefficient (Wildman–Crippen LogP) is 2.29. The highest BCUT2D eigenvalue weighted by Gasteiger charge is 2.32. The molecule has 1 aliphatic heterocycles. The summed E-state index contributed by atoms with van der Waals surface area (Å²) in [7, 11) is -3.39. The molecule has 5 heterocycles. The zero-order valence-electron chi connectivity index (χ0n) is 20.3. The summed E-state index contributed by atoms with van der Waals surface area (Å²) in [6.07, 6.45) is 11.0. The Morgan fingerprint density at radius 3 is 2.58 bits per heavy atom. The number of pyridine rings is 1. The number of β-amino-alcohol motifs (C(OH)–C–C–N with tert-alkyl or cyclic N) is 1. The number of piperidine rings is 1. The van der Waals surface area contributed by atoms with E-state index in [4.69, 9.17) is 0 Å². The Balaban J connectivity index is 1.37. The maximum atomic E-state index is 11.8. The minimum atomic E-state index is -3.39. The smallest absolute Gasteiger partial charge is 0.225 e. The highest BCUT2D eigenvalue weighted by molar-refractivity contribution is 7.90. The van der Waals surface area contributed by atoms with E-state index >= 15 is 0 Å². The maximum absolute atomic E-state index is 11.8. The largest absolute Gasteiger partial charge is 0.391 e. The molecule has 2 atom stereocenters. The quantitative estimate of drug-likeness (QED) is 0.399. The second-order valence-corrected chi connectivity index (χ2v) is 10.9. The van der Waals surface area contributed by atoms with Crippen molar-refractivity contribution in [1.29, 1.82) is 0 Å². The van der Waals surface area contributed by atoms with E-state index in [0.717, 1.165) is 30.4 Å². The Morgan fingerprint density at radius 1 is 1.14 bits per heavy atom. The number of aliphatic hydroxyl groups is 1. The molecule has 0 aromatic carbocycles. The van der Waals surface area contributed by atoms with Crippen molar-refractivity contribution in [2.24, 2.45) is 0 Å². The summed E-state index contributed by atoms with van der Waals surface area (Å²) in [6, 6.07) is 3.13. The molecular formula is C24H28N8O3S. The topological polar surface area (TPSA) is 138 Å². The number of nitrogens with one attached hydrogen (secondary N) is 1. The van der Waals surface area contributed by atoms with Crippen molar-refractivity contribution in [3.8, 4) is 0 Å². The van der Waals surface area contributed by atoms with Gasteiger partial charge in [0.25, 0.3) is 0 Å². The van der Waals surface area contributed by atoms with Crippen LogP contribution < -0.4 is 10.2 Å². The molecule has 0 bridgehead atoms. The molecule has 5 rings (SSSR count). The Morgan fingerprint density at radius 2 is 1.92 bits per heavy atom. The van der Waals surface area contributed by atoms with Gasteiger partial charge in [-0.1, -0.05) is 6.92 Å². The maximum Gasteiger partial charge on any atom is 0.225 e. The highest BCUT2D eigenvalue weighted by atomic mass is 32.2. The lowest BCUT2D eigenvalue weighted by Gasteiger charge is -2.35. The average molecular weight is 509 g/mol. The molecule has 0 saturated carbocycles. The van der Waals surface area contributed by atoms with Crippen molar-refractivity contribution in [2.75, 3.05) is 29.6 Å². The van der Waals surface area contributed by atoms with Gasteiger partial charge in [0.2, 0.25) is 5.95 Å². The van der Waals surface area contributed by atoms with Crippen molar-refractivity contribution >= 4 is 32.9 Å². The van der Waals surface area contributed by atoms with Gasteiger partial charge >= 0.3 is 0 Å². The third-order valence-electron chi connectivity index (χ3n) is 6.49. The fourth-order valence-electron chi connectivity index (χ4n) is 4.46. The Hall–Kier alpha value is -3.64. The first-order valence-electron chi connectivity index (χ1n) is 11.7. The minimum Gasteiger partial charge on any atom is -0.391 e. The molecule has 0 aliphatic carbocycles. The molecule has 2 unspecified atom stereocenters. The van der Waals surface area contributed by atoms with Gasteiger partial charge in [-0.2, -0.15) is 0 Å². The summed E-state index contributed by atoms with van der Waals surface area (Å²) in [5.41, 5.74) is 3.75. The number of rotatable bonds is 6. The van der Waals surface area contributed by atoms with E-state index in [1.165, 1.54) is 6.07 Å². The van der Waals surface area contributed by atoms with Crippen LogP contribution in [0.25, 0.3) is 5.65 Å². The van der Waals surface area contributed by atoms with E-state index in [9.17, 15) is 13.5 Å². The Labute approximate surface area is 209 Å². The second-order valence-electron chi connectivity index (χ2n) is 8.99. The van der Waals surface area contributed by atoms with E-state index in [0.29, 0.717) is 41.9 Å². The number of nitrogens with zero attached hydrogens (tertiary/aromatic N) is 7. The monoisotopic (exact) mass is 508 g/mol. The van der Waals surface area contributed by atoms with Crippen molar-refractivity contribution in [3.05, 3.63) is 60.1 Å². The van der Waals surface area contributed by atoms with Gasteiger partial charge in [-0.3, -0.25) is 4.40 Å². The van der Waals surface area contributed by atoms with E-state index in [-0.39, 0.29) is 10.9 Å². The lowest BCUT2D eigenvalue weighted by molar-refractivity contribution is 0.127. The SMILES string of the molecule is CCc1cnc(N2CCC(c3cnc4c(Nc5ccc(S(C)(=O)=O)nc5C)nccn34)C(O)C2)nc1. The summed E-state index contributed by atoms with van der Waals surface area (Å²) in [5.74, 6) is 1.03. The van der Waals surface area contributed by atoms with Gasteiger partial charge in [0.15, 0.2) is 26.3 Å². The van der Waals surface area contributed by atoms with Crippen LogP contribution >= 0.6 is 0 Å². The second kappa shape index (κ2) is 9.43. The number of aromatic nitrogens is 6. The number of hydrogen-bond donors (Lipinski definition) is 2. The first-order valence-corrected chi connectivity index (χ1v) is 13.6. The Kier molecular flexibility index (Phi) is 6.31. The van der Waals surface area contributed by atoms with E-state index in [2.05, 4.69) is 37.2 Å². The van der Waals surface area contributed by atoms with Crippen LogP contribution in [0.3, 0.4) is 0 Å². The number of aliphatic hydroxyl groups excluding tert-OH is 1. The van der Waals surface area contributed by atoms with Crippen molar-refractivity contribution in [1.82, 2.24) is 29.3 Å². The fraction of sp³-hybridized carbons (Fsp3) is 0.375. The number of sulfone groups is 1. The summed E-state index contributed by atoms with van der Waals surface area (Å²) >= 11 is 0. The van der Waals surface area contributed by atoms with Gasteiger partial charge < -0.3 is 15.3 Å². The van der Waals surface area contributed by atoms with E-state index in [1.54, 1.807) is 25.4 Å². The molecular weight excluding hydrogens is 480 g/mol. The Bertz CT molecular complexity index is 1500. The first-order chi connectivity index (χ1) is 17.2. The van der Waals surface area contributed by atoms with Crippen LogP contribution in [0, 0.1) is 6.92 Å². The number of fused-ring (bicyclic) bond motifs is 1. The molecule has 1 aliphatic rings. The van der Waals surface area contributed by atoms with Gasteiger partial charge in [-0.25, -0.2) is 33.3 Å². The molecule has 0 radical (unpaired) electrons. The van der Waals surface area contributed by atoms with Gasteiger partial charge in [-0.15, -0.1) is 0 Å². The number of imidazole rings is 1. The lowest BCUT2D eigenvalue weighted by atomic mass is 9.91. The zero-order chi connectivity index (χ0) is 25.4. The van der Waals surface area contributed by atoms with Crippen LogP contribution in [-0.4, -0.2) is 68.3 Å². The van der Waals surface area contributed by atoms with Crippen LogP contribution in [0.2, 0.25) is 0 Å². The molecule has 1 fully saturated rings. The number of hydrogen-bond acceptors (Lipinski definition) is 10. The van der Waals surface area contributed by atoms with Crippen molar-refractivity contribution < 1.29 is 13.5 Å². The average Bonchev–Trinajstić information content (AvgIpc) is 3.29. The predicted molar refractivity (Wildman–Crippen MR) is 135 cm³/mol. The molecule has 36 heavy (non-hydrogen) atoms. The van der Waals surface area contributed by atoms with E-state index in [1.807, 2.05) is 27.9 Å². The third-order valence-corrected chi connectivity index (χ3v) is 7.48. The molecule has 0 spiro atoms. The summed E-state index contributed by atoms with van der Waals surface area (Å²) in [6.45, 7) is 4.94. The van der Waals surface area contributed by atoms with Crippen molar-refractivity contribution in [3.63, 3.8) is 0 Å². The number of anilines is 3. The molecule has 11 nitrogen and oxygen atoms in total. The summed E-state index contributed by atoms with van der Waals surface area (Å²) in [4.78, 5) is 24.1. The summed E-state index contributed by atoms with van der Waals surface area (Å²) < 4.78 is 25.5. The standard InChI is InChI=1S/C24H28N8O3S/c1-4-16-11-27-24(28-12-16)31-9-7-17(20(33)14-31)19-13-26-23-22(25-8-10-32(19)23)30-18-5-6-21(29-15(18)2)36(3,34)35/h5-6,8,10-13,17,20,33H,4,7,9,14H2,1-3H3,(H,25,30). The lowest BCUT2D eigenvalue weighted by Crippen LogP contribution is -2.43. The van der Waals surface area contributed by atoms with Gasteiger partial charge in [0, 0.05) is 61.9 Å². The van der Waals surface area contributed by atoms with Crippen LogP contribution in [0.15, 0.2) is 48.1 Å².